The number of benzene rings is 1. The SMILES string of the molecule is CC(C)(N)c1ccc2nc(-c3ccco3)[nH]c2c1. The first kappa shape index (κ1) is 11.0. The molecule has 0 saturated carbocycles. The van der Waals surface area contributed by atoms with Crippen LogP contribution in [0, 0.1) is 0 Å². The molecule has 3 rings (SSSR count). The van der Waals surface area contributed by atoms with Crippen molar-refractivity contribution in [3.8, 4) is 11.6 Å². The fourth-order valence-electron chi connectivity index (χ4n) is 1.94. The summed E-state index contributed by atoms with van der Waals surface area (Å²) in [5.41, 5.74) is 8.69. The highest BCUT2D eigenvalue weighted by atomic mass is 16.3. The van der Waals surface area contributed by atoms with Crippen molar-refractivity contribution in [3.05, 3.63) is 42.2 Å². The Bertz CT molecular complexity index is 675. The Labute approximate surface area is 105 Å². The summed E-state index contributed by atoms with van der Waals surface area (Å²) in [4.78, 5) is 7.74. The van der Waals surface area contributed by atoms with Crippen molar-refractivity contribution < 1.29 is 4.42 Å². The summed E-state index contributed by atoms with van der Waals surface area (Å²) in [7, 11) is 0. The molecule has 0 aliphatic rings. The molecule has 4 heteroatoms. The zero-order chi connectivity index (χ0) is 12.8. The van der Waals surface area contributed by atoms with Crippen LogP contribution >= 0.6 is 0 Å². The van der Waals surface area contributed by atoms with Gasteiger partial charge in [0.2, 0.25) is 0 Å². The van der Waals surface area contributed by atoms with Crippen molar-refractivity contribution >= 4 is 11.0 Å². The quantitative estimate of drug-likeness (QED) is 0.724. The van der Waals surface area contributed by atoms with Crippen LogP contribution < -0.4 is 5.73 Å². The van der Waals surface area contributed by atoms with E-state index in [1.807, 2.05) is 44.2 Å². The van der Waals surface area contributed by atoms with Gasteiger partial charge in [0.1, 0.15) is 0 Å². The Morgan fingerprint density at radius 1 is 1.28 bits per heavy atom. The van der Waals surface area contributed by atoms with Crippen LogP contribution in [0.15, 0.2) is 41.0 Å². The summed E-state index contributed by atoms with van der Waals surface area (Å²) in [5.74, 6) is 1.47. The molecule has 4 nitrogen and oxygen atoms in total. The molecule has 0 atom stereocenters. The van der Waals surface area contributed by atoms with Gasteiger partial charge in [-0.1, -0.05) is 6.07 Å². The smallest absolute Gasteiger partial charge is 0.174 e. The molecular weight excluding hydrogens is 226 g/mol. The molecule has 1 aromatic carbocycles. The molecule has 0 fully saturated rings. The number of nitrogens with zero attached hydrogens (tertiary/aromatic N) is 1. The lowest BCUT2D eigenvalue weighted by atomic mass is 9.95. The van der Waals surface area contributed by atoms with Gasteiger partial charge in [0.15, 0.2) is 11.6 Å². The fourth-order valence-corrected chi connectivity index (χ4v) is 1.94. The van der Waals surface area contributed by atoms with E-state index in [4.69, 9.17) is 10.2 Å². The van der Waals surface area contributed by atoms with E-state index in [2.05, 4.69) is 9.97 Å². The minimum absolute atomic E-state index is 0.357. The Hall–Kier alpha value is -2.07. The van der Waals surface area contributed by atoms with E-state index >= 15 is 0 Å². The Morgan fingerprint density at radius 2 is 2.11 bits per heavy atom. The second-order valence-electron chi connectivity index (χ2n) is 5.02. The van der Waals surface area contributed by atoms with E-state index in [0.29, 0.717) is 0 Å². The average molecular weight is 241 g/mol. The largest absolute Gasteiger partial charge is 0.461 e. The van der Waals surface area contributed by atoms with E-state index < -0.39 is 0 Å². The van der Waals surface area contributed by atoms with Gasteiger partial charge in [0.25, 0.3) is 0 Å². The number of furan rings is 1. The maximum absolute atomic E-state index is 6.10. The van der Waals surface area contributed by atoms with Gasteiger partial charge < -0.3 is 15.1 Å². The number of fused-ring (bicyclic) bond motifs is 1. The topological polar surface area (TPSA) is 67.8 Å². The number of hydrogen-bond donors (Lipinski definition) is 2. The molecule has 18 heavy (non-hydrogen) atoms. The summed E-state index contributed by atoms with van der Waals surface area (Å²) in [6.45, 7) is 3.97. The molecule has 0 bridgehead atoms. The summed E-state index contributed by atoms with van der Waals surface area (Å²) in [6.07, 6.45) is 1.64. The monoisotopic (exact) mass is 241 g/mol. The molecule has 0 unspecified atom stereocenters. The van der Waals surface area contributed by atoms with Crippen LogP contribution in [0.3, 0.4) is 0 Å². The zero-order valence-corrected chi connectivity index (χ0v) is 10.4. The van der Waals surface area contributed by atoms with Crippen molar-refractivity contribution in [2.24, 2.45) is 5.73 Å². The third-order valence-corrected chi connectivity index (χ3v) is 2.98. The molecule has 3 aromatic rings. The molecule has 0 radical (unpaired) electrons. The number of aromatic amines is 1. The predicted octanol–water partition coefficient (Wildman–Crippen LogP) is 3.02. The van der Waals surface area contributed by atoms with Crippen molar-refractivity contribution in [3.63, 3.8) is 0 Å². The summed E-state index contributed by atoms with van der Waals surface area (Å²) in [5, 5.41) is 0. The summed E-state index contributed by atoms with van der Waals surface area (Å²) < 4.78 is 5.33. The number of imidazole rings is 1. The summed E-state index contributed by atoms with van der Waals surface area (Å²) >= 11 is 0. The minimum Gasteiger partial charge on any atom is -0.461 e. The van der Waals surface area contributed by atoms with Crippen LogP contribution in [-0.2, 0) is 5.54 Å². The van der Waals surface area contributed by atoms with Crippen LogP contribution in [0.2, 0.25) is 0 Å². The van der Waals surface area contributed by atoms with Crippen LogP contribution in [0.4, 0.5) is 0 Å². The lowest BCUT2D eigenvalue weighted by Crippen LogP contribution is -2.28. The fraction of sp³-hybridized carbons (Fsp3) is 0.214. The molecule has 92 valence electrons. The average Bonchev–Trinajstić information content (AvgIpc) is 2.95. The third-order valence-electron chi connectivity index (χ3n) is 2.98. The Morgan fingerprint density at radius 3 is 2.78 bits per heavy atom. The molecule has 0 amide bonds. The first-order valence-electron chi connectivity index (χ1n) is 5.87. The second kappa shape index (κ2) is 3.71. The highest BCUT2D eigenvalue weighted by Gasteiger charge is 2.15. The van der Waals surface area contributed by atoms with Crippen molar-refractivity contribution in [2.75, 3.05) is 0 Å². The van der Waals surface area contributed by atoms with Gasteiger partial charge in [-0.2, -0.15) is 0 Å². The molecule has 0 aliphatic carbocycles. The standard InChI is InChI=1S/C14H15N3O/c1-14(2,15)9-5-6-10-11(8-9)17-13(16-10)12-4-3-7-18-12/h3-8H,15H2,1-2H3,(H,16,17). The highest BCUT2D eigenvalue weighted by Crippen LogP contribution is 2.24. The molecule has 3 N–H and O–H groups in total. The van der Waals surface area contributed by atoms with Gasteiger partial charge in [-0.05, 0) is 43.7 Å². The normalized spacial score (nSPS) is 12.2. The highest BCUT2D eigenvalue weighted by molar-refractivity contribution is 5.79. The lowest BCUT2D eigenvalue weighted by molar-refractivity contribution is 0.555. The first-order valence-corrected chi connectivity index (χ1v) is 5.87. The Kier molecular flexibility index (Phi) is 2.28. The van der Waals surface area contributed by atoms with Crippen LogP contribution in [0.5, 0.6) is 0 Å². The number of hydrogen-bond acceptors (Lipinski definition) is 3. The zero-order valence-electron chi connectivity index (χ0n) is 10.4. The number of nitrogens with two attached hydrogens (primary N) is 1. The maximum atomic E-state index is 6.10. The van der Waals surface area contributed by atoms with E-state index in [0.717, 1.165) is 28.2 Å². The van der Waals surface area contributed by atoms with Crippen LogP contribution in [0.1, 0.15) is 19.4 Å². The number of aromatic nitrogens is 2. The third kappa shape index (κ3) is 1.80. The van der Waals surface area contributed by atoms with Crippen molar-refractivity contribution in [2.45, 2.75) is 19.4 Å². The molecular formula is C14H15N3O. The van der Waals surface area contributed by atoms with Gasteiger partial charge in [-0.25, -0.2) is 4.98 Å². The molecule has 0 saturated heterocycles. The van der Waals surface area contributed by atoms with E-state index in [9.17, 15) is 0 Å². The van der Waals surface area contributed by atoms with Gasteiger partial charge in [0.05, 0.1) is 17.3 Å². The van der Waals surface area contributed by atoms with Gasteiger partial charge >= 0.3 is 0 Å². The molecule has 0 spiro atoms. The maximum Gasteiger partial charge on any atom is 0.174 e. The Balaban J connectivity index is 2.13. The van der Waals surface area contributed by atoms with Crippen molar-refractivity contribution in [1.82, 2.24) is 9.97 Å². The molecule has 2 heterocycles. The van der Waals surface area contributed by atoms with Gasteiger partial charge in [0, 0.05) is 5.54 Å². The first-order chi connectivity index (χ1) is 8.54. The van der Waals surface area contributed by atoms with Gasteiger partial charge in [-0.3, -0.25) is 0 Å². The lowest BCUT2D eigenvalue weighted by Gasteiger charge is -2.18. The number of H-pyrrole nitrogens is 1. The van der Waals surface area contributed by atoms with Crippen LogP contribution in [-0.4, -0.2) is 9.97 Å². The predicted molar refractivity (Wildman–Crippen MR) is 71.0 cm³/mol. The minimum atomic E-state index is -0.357. The van der Waals surface area contributed by atoms with E-state index in [1.165, 1.54) is 0 Å². The molecule has 2 aromatic heterocycles. The number of nitrogens with one attached hydrogen (secondary N) is 1. The van der Waals surface area contributed by atoms with E-state index in [1.54, 1.807) is 6.26 Å². The van der Waals surface area contributed by atoms with Crippen molar-refractivity contribution in [1.29, 1.82) is 0 Å². The van der Waals surface area contributed by atoms with Crippen LogP contribution in [0.25, 0.3) is 22.6 Å². The van der Waals surface area contributed by atoms with Gasteiger partial charge in [-0.15, -0.1) is 0 Å². The summed E-state index contributed by atoms with van der Waals surface area (Å²) in [6, 6.07) is 9.74. The molecule has 0 aliphatic heterocycles. The second-order valence-corrected chi connectivity index (χ2v) is 5.02. The van der Waals surface area contributed by atoms with E-state index in [-0.39, 0.29) is 5.54 Å². The number of rotatable bonds is 2.